The molecule has 1 aromatic heterocycles. The number of aryl methyl sites for hydroxylation is 1. The van der Waals surface area contributed by atoms with Gasteiger partial charge in [-0.25, -0.2) is 0 Å². The zero-order valence-electron chi connectivity index (χ0n) is 17.4. The molecular formula is C23H30N4O2. The molecule has 0 spiro atoms. The Bertz CT molecular complexity index is 916. The molecule has 0 radical (unpaired) electrons. The lowest BCUT2D eigenvalue weighted by Gasteiger charge is -2.15. The number of ether oxygens (including phenoxy) is 2. The number of aliphatic imine (C=N–C) groups is 1. The fourth-order valence-electron chi connectivity index (χ4n) is 3.13. The lowest BCUT2D eigenvalue weighted by Crippen LogP contribution is -2.36. The summed E-state index contributed by atoms with van der Waals surface area (Å²) >= 11 is 0. The minimum Gasteiger partial charge on any atom is -0.493 e. The van der Waals surface area contributed by atoms with Crippen LogP contribution >= 0.6 is 0 Å². The Morgan fingerprint density at radius 2 is 1.86 bits per heavy atom. The van der Waals surface area contributed by atoms with E-state index in [2.05, 4.69) is 63.9 Å². The molecule has 154 valence electrons. The van der Waals surface area contributed by atoms with Gasteiger partial charge in [0.2, 0.25) is 0 Å². The van der Waals surface area contributed by atoms with Gasteiger partial charge in [-0.15, -0.1) is 0 Å². The van der Waals surface area contributed by atoms with Gasteiger partial charge in [0.25, 0.3) is 0 Å². The molecule has 0 fully saturated rings. The lowest BCUT2D eigenvalue weighted by molar-refractivity contribution is 0.171. The van der Waals surface area contributed by atoms with Crippen molar-refractivity contribution < 1.29 is 9.47 Å². The Morgan fingerprint density at radius 1 is 1.03 bits per heavy atom. The van der Waals surface area contributed by atoms with Crippen LogP contribution < -0.4 is 15.4 Å². The third-order valence-electron chi connectivity index (χ3n) is 4.67. The van der Waals surface area contributed by atoms with Crippen LogP contribution in [0.3, 0.4) is 0 Å². The molecule has 0 saturated carbocycles. The number of fused-ring (bicyclic) bond motifs is 1. The third kappa shape index (κ3) is 5.99. The van der Waals surface area contributed by atoms with Crippen LogP contribution in [0.15, 0.2) is 53.5 Å². The molecule has 0 unspecified atom stereocenters. The minimum atomic E-state index is 0.631. The molecule has 0 saturated heterocycles. The number of hydrogen-bond acceptors (Lipinski definition) is 3. The average molecular weight is 395 g/mol. The van der Waals surface area contributed by atoms with Gasteiger partial charge in [-0.05, 0) is 36.1 Å². The second-order valence-electron chi connectivity index (χ2n) is 6.97. The van der Waals surface area contributed by atoms with E-state index in [-0.39, 0.29) is 0 Å². The molecule has 6 nitrogen and oxygen atoms in total. The van der Waals surface area contributed by atoms with E-state index in [0.717, 1.165) is 34.9 Å². The number of H-pyrrole nitrogens is 1. The second-order valence-corrected chi connectivity index (χ2v) is 6.97. The monoisotopic (exact) mass is 394 g/mol. The summed E-state index contributed by atoms with van der Waals surface area (Å²) in [5.74, 6) is 1.65. The Balaban J connectivity index is 1.56. The standard InChI is InChI=1S/C23H30N4O2/c1-17-9-10-19(22(13-17)29-12-6-11-28-3)15-25-23(24-2)26-16-20-14-18-7-4-5-8-21(18)27-20/h4-5,7-10,13-14,27H,6,11-12,15-16H2,1-3H3,(H2,24,25,26). The van der Waals surface area contributed by atoms with Gasteiger partial charge >= 0.3 is 0 Å². The van der Waals surface area contributed by atoms with Gasteiger partial charge in [0.15, 0.2) is 5.96 Å². The van der Waals surface area contributed by atoms with Gasteiger partial charge in [-0.2, -0.15) is 0 Å². The summed E-state index contributed by atoms with van der Waals surface area (Å²) < 4.78 is 11.1. The van der Waals surface area contributed by atoms with Gasteiger partial charge in [0, 0.05) is 50.5 Å². The van der Waals surface area contributed by atoms with Crippen LogP contribution in [0.4, 0.5) is 0 Å². The zero-order chi connectivity index (χ0) is 20.5. The van der Waals surface area contributed by atoms with E-state index in [1.54, 1.807) is 14.2 Å². The Labute approximate surface area is 172 Å². The van der Waals surface area contributed by atoms with E-state index in [4.69, 9.17) is 9.47 Å². The summed E-state index contributed by atoms with van der Waals surface area (Å²) in [6, 6.07) is 16.7. The highest BCUT2D eigenvalue weighted by molar-refractivity contribution is 5.81. The molecule has 0 bridgehead atoms. The number of nitrogens with one attached hydrogen (secondary N) is 3. The number of aromatic amines is 1. The molecule has 0 atom stereocenters. The van der Waals surface area contributed by atoms with Crippen LogP contribution in [0.25, 0.3) is 10.9 Å². The first-order valence-electron chi connectivity index (χ1n) is 9.92. The van der Waals surface area contributed by atoms with E-state index in [1.165, 1.54) is 10.9 Å². The summed E-state index contributed by atoms with van der Waals surface area (Å²) in [5.41, 5.74) is 4.53. The van der Waals surface area contributed by atoms with Gasteiger partial charge < -0.3 is 25.1 Å². The van der Waals surface area contributed by atoms with Crippen LogP contribution in [0.5, 0.6) is 5.75 Å². The summed E-state index contributed by atoms with van der Waals surface area (Å²) in [6.45, 7) is 4.70. The Kier molecular flexibility index (Phi) is 7.53. The topological polar surface area (TPSA) is 70.7 Å². The van der Waals surface area contributed by atoms with Crippen molar-refractivity contribution in [2.24, 2.45) is 4.99 Å². The predicted molar refractivity (Wildman–Crippen MR) is 119 cm³/mol. The van der Waals surface area contributed by atoms with Crippen LogP contribution in [-0.2, 0) is 17.8 Å². The summed E-state index contributed by atoms with van der Waals surface area (Å²) in [4.78, 5) is 7.75. The maximum atomic E-state index is 5.96. The van der Waals surface area contributed by atoms with Gasteiger partial charge in [-0.1, -0.05) is 30.3 Å². The normalized spacial score (nSPS) is 11.6. The van der Waals surface area contributed by atoms with Gasteiger partial charge in [-0.3, -0.25) is 4.99 Å². The lowest BCUT2D eigenvalue weighted by atomic mass is 10.1. The number of para-hydroxylation sites is 1. The van der Waals surface area contributed by atoms with Crippen LogP contribution in [0.2, 0.25) is 0 Å². The number of aromatic nitrogens is 1. The molecule has 3 rings (SSSR count). The Morgan fingerprint density at radius 3 is 2.66 bits per heavy atom. The molecule has 29 heavy (non-hydrogen) atoms. The van der Waals surface area contributed by atoms with Crippen molar-refractivity contribution in [3.8, 4) is 5.75 Å². The SMILES string of the molecule is CN=C(NCc1cc2ccccc2[nH]1)NCc1ccc(C)cc1OCCCOC. The van der Waals surface area contributed by atoms with Crippen molar-refractivity contribution in [1.29, 1.82) is 0 Å². The molecule has 3 N–H and O–H groups in total. The van der Waals surface area contributed by atoms with Crippen LogP contribution in [0.1, 0.15) is 23.2 Å². The third-order valence-corrected chi connectivity index (χ3v) is 4.67. The van der Waals surface area contributed by atoms with E-state index in [1.807, 2.05) is 12.1 Å². The highest BCUT2D eigenvalue weighted by Crippen LogP contribution is 2.20. The average Bonchev–Trinajstić information content (AvgIpc) is 3.15. The van der Waals surface area contributed by atoms with Crippen molar-refractivity contribution >= 4 is 16.9 Å². The van der Waals surface area contributed by atoms with E-state index in [9.17, 15) is 0 Å². The predicted octanol–water partition coefficient (Wildman–Crippen LogP) is 3.76. The molecular weight excluding hydrogens is 364 g/mol. The Hall–Kier alpha value is -2.99. The quantitative estimate of drug-likeness (QED) is 0.294. The van der Waals surface area contributed by atoms with E-state index >= 15 is 0 Å². The summed E-state index contributed by atoms with van der Waals surface area (Å²) in [5, 5.41) is 7.94. The molecule has 0 aliphatic rings. The van der Waals surface area contributed by atoms with Crippen LogP contribution in [-0.4, -0.2) is 38.3 Å². The minimum absolute atomic E-state index is 0.631. The number of methoxy groups -OCH3 is 1. The molecule has 0 aliphatic heterocycles. The molecule has 0 amide bonds. The van der Waals surface area contributed by atoms with Gasteiger partial charge in [0.05, 0.1) is 13.2 Å². The zero-order valence-corrected chi connectivity index (χ0v) is 17.4. The molecule has 2 aromatic carbocycles. The smallest absolute Gasteiger partial charge is 0.191 e. The first-order valence-corrected chi connectivity index (χ1v) is 9.92. The number of nitrogens with zero attached hydrogens (tertiary/aromatic N) is 1. The second kappa shape index (κ2) is 10.5. The molecule has 0 aliphatic carbocycles. The number of benzene rings is 2. The molecule has 6 heteroatoms. The maximum Gasteiger partial charge on any atom is 0.191 e. The number of rotatable bonds is 9. The van der Waals surface area contributed by atoms with E-state index < -0.39 is 0 Å². The van der Waals surface area contributed by atoms with Crippen molar-refractivity contribution in [2.45, 2.75) is 26.4 Å². The van der Waals surface area contributed by atoms with Crippen molar-refractivity contribution in [2.75, 3.05) is 27.4 Å². The fraction of sp³-hybridized carbons (Fsp3) is 0.348. The molecule has 3 aromatic rings. The first kappa shape index (κ1) is 20.7. The van der Waals surface area contributed by atoms with Crippen molar-refractivity contribution in [3.63, 3.8) is 0 Å². The fourth-order valence-corrected chi connectivity index (χ4v) is 3.13. The molecule has 1 heterocycles. The number of hydrogen-bond donors (Lipinski definition) is 3. The van der Waals surface area contributed by atoms with Crippen molar-refractivity contribution in [1.82, 2.24) is 15.6 Å². The summed E-state index contributed by atoms with van der Waals surface area (Å²) in [6.07, 6.45) is 0.866. The highest BCUT2D eigenvalue weighted by Gasteiger charge is 2.07. The van der Waals surface area contributed by atoms with E-state index in [0.29, 0.717) is 26.3 Å². The summed E-state index contributed by atoms with van der Waals surface area (Å²) in [7, 11) is 3.48. The first-order chi connectivity index (χ1) is 14.2. The van der Waals surface area contributed by atoms with Crippen LogP contribution in [0, 0.1) is 6.92 Å². The highest BCUT2D eigenvalue weighted by atomic mass is 16.5. The van der Waals surface area contributed by atoms with Crippen molar-refractivity contribution in [3.05, 3.63) is 65.4 Å². The number of guanidine groups is 1. The largest absolute Gasteiger partial charge is 0.493 e. The maximum absolute atomic E-state index is 5.96. The van der Waals surface area contributed by atoms with Gasteiger partial charge in [0.1, 0.15) is 5.75 Å².